The highest BCUT2D eigenvalue weighted by molar-refractivity contribution is 6.00. The number of aromatic amines is 1. The Bertz CT molecular complexity index is 823. The van der Waals surface area contributed by atoms with E-state index in [9.17, 15) is 9.59 Å². The Morgan fingerprint density at radius 1 is 1.22 bits per heavy atom. The summed E-state index contributed by atoms with van der Waals surface area (Å²) in [5.41, 5.74) is 1.35. The van der Waals surface area contributed by atoms with Crippen molar-refractivity contribution < 1.29 is 19.4 Å². The average Bonchev–Trinajstić information content (AvgIpc) is 3.03. The maximum atomic E-state index is 13.4. The normalized spacial score (nSPS) is 23.0. The fourth-order valence-electron chi connectivity index (χ4n) is 3.95. The predicted octanol–water partition coefficient (Wildman–Crippen LogP) is 0.934. The van der Waals surface area contributed by atoms with Crippen LogP contribution in [0.3, 0.4) is 0 Å². The number of aliphatic carboxylic acids is 1. The number of nitrogens with zero attached hydrogens (tertiary/aromatic N) is 3. The number of amides is 1. The van der Waals surface area contributed by atoms with Crippen LogP contribution in [0, 0.1) is 5.92 Å². The Morgan fingerprint density at radius 2 is 2.07 bits per heavy atom. The summed E-state index contributed by atoms with van der Waals surface area (Å²) < 4.78 is 5.75. The molecule has 0 spiro atoms. The molecule has 2 saturated heterocycles. The summed E-state index contributed by atoms with van der Waals surface area (Å²) in [5, 5.41) is 9.15. The Morgan fingerprint density at radius 3 is 2.85 bits per heavy atom. The third-order valence-corrected chi connectivity index (χ3v) is 5.08. The van der Waals surface area contributed by atoms with Gasteiger partial charge in [-0.2, -0.15) is 0 Å². The molecule has 1 aromatic carbocycles. The molecule has 1 amide bonds. The van der Waals surface area contributed by atoms with Crippen molar-refractivity contribution in [3.63, 3.8) is 0 Å². The smallest absolute Gasteiger partial charge is 0.317 e. The van der Waals surface area contributed by atoms with E-state index in [1.807, 2.05) is 34.1 Å². The molecule has 8 nitrogen and oxygen atoms in total. The molecule has 8 heteroatoms. The number of carbonyl (C=O) groups excluding carboxylic acids is 1. The minimum absolute atomic E-state index is 0.0159. The molecule has 2 bridgehead atoms. The zero-order valence-electron chi connectivity index (χ0n) is 14.9. The Balaban J connectivity index is 1.63. The van der Waals surface area contributed by atoms with Crippen molar-refractivity contribution in [1.29, 1.82) is 0 Å². The molecule has 2 N–H and O–H groups in total. The molecule has 0 saturated carbocycles. The maximum Gasteiger partial charge on any atom is 0.317 e. The van der Waals surface area contributed by atoms with Crippen LogP contribution in [0.1, 0.15) is 10.4 Å². The molecule has 3 heterocycles. The molecule has 0 aliphatic carbocycles. The van der Waals surface area contributed by atoms with E-state index in [2.05, 4.69) is 9.97 Å². The van der Waals surface area contributed by atoms with Gasteiger partial charge in [-0.1, -0.05) is 18.2 Å². The summed E-state index contributed by atoms with van der Waals surface area (Å²) >= 11 is 0. The number of rotatable bonds is 4. The number of nitrogens with one attached hydrogen (secondary N) is 1. The van der Waals surface area contributed by atoms with Crippen LogP contribution in [0.25, 0.3) is 11.4 Å². The van der Waals surface area contributed by atoms with Crippen LogP contribution < -0.4 is 0 Å². The van der Waals surface area contributed by atoms with Crippen molar-refractivity contribution in [2.24, 2.45) is 5.92 Å². The number of fused-ring (bicyclic) bond motifs is 3. The van der Waals surface area contributed by atoms with Crippen LogP contribution in [-0.2, 0) is 9.53 Å². The van der Waals surface area contributed by atoms with Crippen molar-refractivity contribution in [2.75, 3.05) is 39.4 Å². The van der Waals surface area contributed by atoms with E-state index in [0.717, 1.165) is 5.56 Å². The summed E-state index contributed by atoms with van der Waals surface area (Å²) in [6.07, 6.45) is 3.39. The number of hydrogen-bond donors (Lipinski definition) is 2. The molecule has 4 rings (SSSR count). The zero-order chi connectivity index (χ0) is 18.8. The van der Waals surface area contributed by atoms with Crippen LogP contribution in [0.4, 0.5) is 0 Å². The summed E-state index contributed by atoms with van der Waals surface area (Å²) in [7, 11) is 0. The number of carboxylic acids is 1. The monoisotopic (exact) mass is 370 g/mol. The summed E-state index contributed by atoms with van der Waals surface area (Å²) in [4.78, 5) is 35.7. The first-order valence-corrected chi connectivity index (χ1v) is 9.03. The van der Waals surface area contributed by atoms with E-state index in [0.29, 0.717) is 44.2 Å². The number of carboxylic acid groups (broad SMARTS) is 1. The summed E-state index contributed by atoms with van der Waals surface area (Å²) in [5.74, 6) is -0.173. The van der Waals surface area contributed by atoms with E-state index in [-0.39, 0.29) is 24.4 Å². The number of ether oxygens (including phenoxy) is 1. The standard InChI is InChI=1S/C19H22N4O4/c24-17(25)10-22-7-13-8-23(14(9-22)12-27-11-13)19(26)16-4-2-1-3-15(16)18-20-5-6-21-18/h1-6,13-14H,7-12H2,(H,20,21)(H,24,25)/t13-,14-/m0/s1. The number of H-pyrrole nitrogens is 1. The van der Waals surface area contributed by atoms with Crippen molar-refractivity contribution in [3.8, 4) is 11.4 Å². The minimum atomic E-state index is -0.850. The molecule has 1 aromatic heterocycles. The Labute approximate surface area is 156 Å². The van der Waals surface area contributed by atoms with Gasteiger partial charge in [0.15, 0.2) is 0 Å². The third-order valence-electron chi connectivity index (χ3n) is 5.08. The lowest BCUT2D eigenvalue weighted by Gasteiger charge is -2.31. The number of hydrogen-bond acceptors (Lipinski definition) is 5. The molecule has 2 aliphatic rings. The lowest BCUT2D eigenvalue weighted by Crippen LogP contribution is -2.47. The van der Waals surface area contributed by atoms with Crippen LogP contribution in [-0.4, -0.2) is 82.2 Å². The van der Waals surface area contributed by atoms with E-state index in [4.69, 9.17) is 9.84 Å². The van der Waals surface area contributed by atoms with Gasteiger partial charge < -0.3 is 19.7 Å². The minimum Gasteiger partial charge on any atom is -0.480 e. The summed E-state index contributed by atoms with van der Waals surface area (Å²) in [6, 6.07) is 7.24. The second kappa shape index (κ2) is 7.50. The quantitative estimate of drug-likeness (QED) is 0.831. The number of benzene rings is 1. The van der Waals surface area contributed by atoms with Crippen LogP contribution in [0.15, 0.2) is 36.7 Å². The van der Waals surface area contributed by atoms with Gasteiger partial charge in [-0.05, 0) is 6.07 Å². The molecular formula is C19H22N4O4. The number of imidazole rings is 1. The molecular weight excluding hydrogens is 348 g/mol. The first kappa shape index (κ1) is 17.7. The predicted molar refractivity (Wildman–Crippen MR) is 97.2 cm³/mol. The van der Waals surface area contributed by atoms with Gasteiger partial charge in [-0.3, -0.25) is 14.5 Å². The van der Waals surface area contributed by atoms with Crippen molar-refractivity contribution in [1.82, 2.24) is 19.8 Å². The van der Waals surface area contributed by atoms with Gasteiger partial charge >= 0.3 is 5.97 Å². The summed E-state index contributed by atoms with van der Waals surface area (Å²) in [6.45, 7) is 2.62. The van der Waals surface area contributed by atoms with Gasteiger partial charge in [0.05, 0.1) is 31.4 Å². The molecule has 2 atom stereocenters. The van der Waals surface area contributed by atoms with Gasteiger partial charge in [0.1, 0.15) is 5.82 Å². The fraction of sp³-hybridized carbons (Fsp3) is 0.421. The average molecular weight is 370 g/mol. The maximum absolute atomic E-state index is 13.4. The SMILES string of the molecule is O=C(O)CN1C[C@@H]2COC[C@H](C1)N(C(=O)c1ccccc1-c1ncc[nH]1)C2. The highest BCUT2D eigenvalue weighted by atomic mass is 16.5. The topological polar surface area (TPSA) is 98.8 Å². The van der Waals surface area contributed by atoms with E-state index >= 15 is 0 Å². The second-order valence-corrected chi connectivity index (χ2v) is 7.09. The van der Waals surface area contributed by atoms with Crippen molar-refractivity contribution >= 4 is 11.9 Å². The van der Waals surface area contributed by atoms with Crippen LogP contribution >= 0.6 is 0 Å². The third kappa shape index (κ3) is 3.72. The van der Waals surface area contributed by atoms with Crippen molar-refractivity contribution in [2.45, 2.75) is 6.04 Å². The number of carbonyl (C=O) groups is 2. The van der Waals surface area contributed by atoms with Crippen molar-refractivity contribution in [3.05, 3.63) is 42.2 Å². The molecule has 2 aromatic rings. The molecule has 2 aliphatic heterocycles. The highest BCUT2D eigenvalue weighted by Crippen LogP contribution is 2.26. The molecule has 27 heavy (non-hydrogen) atoms. The first-order valence-electron chi connectivity index (χ1n) is 9.03. The van der Waals surface area contributed by atoms with Gasteiger partial charge in [0, 0.05) is 43.5 Å². The molecule has 142 valence electrons. The van der Waals surface area contributed by atoms with E-state index in [1.54, 1.807) is 12.4 Å². The van der Waals surface area contributed by atoms with Gasteiger partial charge in [0.25, 0.3) is 5.91 Å². The lowest BCUT2D eigenvalue weighted by molar-refractivity contribution is -0.138. The Hall–Kier alpha value is -2.71. The van der Waals surface area contributed by atoms with Crippen LogP contribution in [0.2, 0.25) is 0 Å². The van der Waals surface area contributed by atoms with Gasteiger partial charge in [0.2, 0.25) is 0 Å². The van der Waals surface area contributed by atoms with E-state index < -0.39 is 5.97 Å². The molecule has 0 radical (unpaired) electrons. The fourth-order valence-corrected chi connectivity index (χ4v) is 3.95. The number of aromatic nitrogens is 2. The van der Waals surface area contributed by atoms with Gasteiger partial charge in [-0.25, -0.2) is 4.98 Å². The van der Waals surface area contributed by atoms with Gasteiger partial charge in [-0.15, -0.1) is 0 Å². The molecule has 2 fully saturated rings. The lowest BCUT2D eigenvalue weighted by atomic mass is 10.0. The largest absolute Gasteiger partial charge is 0.480 e. The first-order chi connectivity index (χ1) is 13.1. The Kier molecular flexibility index (Phi) is 4.91. The highest BCUT2D eigenvalue weighted by Gasteiger charge is 2.37. The second-order valence-electron chi connectivity index (χ2n) is 7.09. The van der Waals surface area contributed by atoms with E-state index in [1.165, 1.54) is 0 Å². The zero-order valence-corrected chi connectivity index (χ0v) is 14.9. The molecule has 0 unspecified atom stereocenters. The van der Waals surface area contributed by atoms with Crippen LogP contribution in [0.5, 0.6) is 0 Å².